The molecule has 29 heavy (non-hydrogen) atoms. The van der Waals surface area contributed by atoms with Gasteiger partial charge in [0.25, 0.3) is 0 Å². The van der Waals surface area contributed by atoms with Gasteiger partial charge >= 0.3 is 0 Å². The van der Waals surface area contributed by atoms with E-state index in [1.165, 1.54) is 0 Å². The van der Waals surface area contributed by atoms with Gasteiger partial charge in [-0.05, 0) is 37.1 Å². The summed E-state index contributed by atoms with van der Waals surface area (Å²) in [6, 6.07) is 5.52. The van der Waals surface area contributed by atoms with Crippen molar-refractivity contribution in [3.8, 4) is 11.5 Å². The van der Waals surface area contributed by atoms with E-state index in [1.54, 1.807) is 12.2 Å². The number of hydrogen-bond acceptors (Lipinski definition) is 5. The molecular formula is C18H17Cl6N3O2. The first-order valence-electron chi connectivity index (χ1n) is 8.52. The van der Waals surface area contributed by atoms with E-state index in [4.69, 9.17) is 79.1 Å². The first kappa shape index (κ1) is 24.6. The normalized spacial score (nSPS) is 12.4. The molecule has 1 aromatic heterocycles. The summed E-state index contributed by atoms with van der Waals surface area (Å²) in [6.07, 6.45) is 4.22. The third-order valence-corrected chi connectivity index (χ3v) is 4.33. The largest absolute Gasteiger partial charge is 0.490 e. The van der Waals surface area contributed by atoms with Crippen LogP contribution in [0.2, 0.25) is 0 Å². The highest BCUT2D eigenvalue weighted by Gasteiger charge is 2.33. The molecule has 158 valence electrons. The molecule has 2 aromatic rings. The van der Waals surface area contributed by atoms with Crippen LogP contribution in [0.1, 0.15) is 43.3 Å². The van der Waals surface area contributed by atoms with Crippen molar-refractivity contribution in [2.45, 2.75) is 27.9 Å². The molecule has 0 fully saturated rings. The second kappa shape index (κ2) is 10.6. The minimum Gasteiger partial charge on any atom is -0.490 e. The van der Waals surface area contributed by atoms with Gasteiger partial charge in [-0.1, -0.05) is 88.7 Å². The van der Waals surface area contributed by atoms with Crippen molar-refractivity contribution in [3.05, 3.63) is 41.2 Å². The van der Waals surface area contributed by atoms with E-state index in [2.05, 4.69) is 15.0 Å². The maximum Gasteiger partial charge on any atom is 0.250 e. The predicted octanol–water partition coefficient (Wildman–Crippen LogP) is 6.88. The van der Waals surface area contributed by atoms with Crippen LogP contribution in [0.3, 0.4) is 0 Å². The number of ether oxygens (including phenoxy) is 2. The summed E-state index contributed by atoms with van der Waals surface area (Å²) >= 11 is 35.3. The first-order chi connectivity index (χ1) is 13.5. The van der Waals surface area contributed by atoms with E-state index in [9.17, 15) is 0 Å². The molecule has 0 spiro atoms. The Bertz CT molecular complexity index is 833. The number of hydrogen-bond donors (Lipinski definition) is 0. The summed E-state index contributed by atoms with van der Waals surface area (Å²) in [5, 5.41) is 0. The van der Waals surface area contributed by atoms with E-state index in [0.717, 1.165) is 12.0 Å². The van der Waals surface area contributed by atoms with Gasteiger partial charge in [-0.15, -0.1) is 0 Å². The minimum atomic E-state index is -1.91. The molecule has 0 saturated carbocycles. The lowest BCUT2D eigenvalue weighted by Crippen LogP contribution is -2.16. The van der Waals surface area contributed by atoms with Crippen molar-refractivity contribution in [1.29, 1.82) is 0 Å². The van der Waals surface area contributed by atoms with Gasteiger partial charge in [0.2, 0.25) is 7.59 Å². The van der Waals surface area contributed by atoms with E-state index in [0.29, 0.717) is 24.7 Å². The molecule has 0 N–H and O–H groups in total. The highest BCUT2D eigenvalue weighted by atomic mass is 35.6. The lowest BCUT2D eigenvalue weighted by atomic mass is 10.2. The first-order valence-corrected chi connectivity index (χ1v) is 10.8. The van der Waals surface area contributed by atoms with Gasteiger partial charge in [0, 0.05) is 0 Å². The molecule has 0 aliphatic heterocycles. The Morgan fingerprint density at radius 2 is 1.45 bits per heavy atom. The molecule has 0 unspecified atom stereocenters. The number of nitrogens with zero attached hydrogens (tertiary/aromatic N) is 3. The second-order valence-corrected chi connectivity index (χ2v) is 10.2. The summed E-state index contributed by atoms with van der Waals surface area (Å²) in [7, 11) is 0. The Morgan fingerprint density at radius 3 is 1.97 bits per heavy atom. The van der Waals surface area contributed by atoms with E-state index >= 15 is 0 Å². The van der Waals surface area contributed by atoms with Crippen molar-refractivity contribution in [2.75, 3.05) is 13.2 Å². The molecule has 2 rings (SSSR count). The SMILES string of the molecule is CCCOc1ccc(/C=C/c2nc(C(Cl)(Cl)Cl)nc(C(Cl)(Cl)Cl)n2)cc1OCC. The number of aromatic nitrogens is 3. The average molecular weight is 520 g/mol. The summed E-state index contributed by atoms with van der Waals surface area (Å²) in [5.41, 5.74) is 0.809. The summed E-state index contributed by atoms with van der Waals surface area (Å²) in [4.78, 5) is 12.2. The van der Waals surface area contributed by atoms with Gasteiger partial charge in [-0.2, -0.15) is 0 Å². The van der Waals surface area contributed by atoms with Gasteiger partial charge in [0.05, 0.1) is 13.2 Å². The zero-order valence-corrected chi connectivity index (χ0v) is 20.0. The number of rotatable bonds is 7. The van der Waals surface area contributed by atoms with Crippen molar-refractivity contribution in [1.82, 2.24) is 15.0 Å². The molecule has 0 atom stereocenters. The fourth-order valence-electron chi connectivity index (χ4n) is 2.12. The minimum absolute atomic E-state index is 0.156. The van der Waals surface area contributed by atoms with E-state index in [1.807, 2.05) is 32.0 Å². The van der Waals surface area contributed by atoms with Crippen molar-refractivity contribution < 1.29 is 9.47 Å². The fraction of sp³-hybridized carbons (Fsp3) is 0.389. The van der Waals surface area contributed by atoms with Crippen LogP contribution in [0.5, 0.6) is 11.5 Å². The standard InChI is InChI=1S/C18H17Cl6N3O2/c1-3-9-29-12-7-5-11(10-13(12)28-4-2)6-8-14-25-15(17(19,20)21)27-16(26-14)18(22,23)24/h5-8,10H,3-4,9H2,1-2H3/b8-6+. The van der Waals surface area contributed by atoms with Gasteiger partial charge in [0.1, 0.15) is 0 Å². The Balaban J connectivity index is 2.38. The summed E-state index contributed by atoms with van der Waals surface area (Å²) < 4.78 is 7.53. The molecule has 11 heteroatoms. The molecular weight excluding hydrogens is 503 g/mol. The van der Waals surface area contributed by atoms with E-state index in [-0.39, 0.29) is 17.5 Å². The highest BCUT2D eigenvalue weighted by molar-refractivity contribution is 6.67. The van der Waals surface area contributed by atoms with Gasteiger partial charge < -0.3 is 9.47 Å². The molecule has 1 heterocycles. The topological polar surface area (TPSA) is 57.1 Å². The third kappa shape index (κ3) is 7.50. The zero-order valence-electron chi connectivity index (χ0n) is 15.4. The van der Waals surface area contributed by atoms with Crippen LogP contribution in [0.15, 0.2) is 18.2 Å². The molecule has 0 saturated heterocycles. The van der Waals surface area contributed by atoms with Gasteiger partial charge in [0.15, 0.2) is 29.0 Å². The Labute approximate surface area is 199 Å². The zero-order chi connectivity index (χ0) is 21.7. The van der Waals surface area contributed by atoms with Crippen LogP contribution in [0.4, 0.5) is 0 Å². The Morgan fingerprint density at radius 1 is 0.828 bits per heavy atom. The quantitative estimate of drug-likeness (QED) is 0.373. The fourth-order valence-corrected chi connectivity index (χ4v) is 2.63. The highest BCUT2D eigenvalue weighted by Crippen LogP contribution is 2.40. The van der Waals surface area contributed by atoms with Crippen LogP contribution in [-0.4, -0.2) is 28.2 Å². The average Bonchev–Trinajstić information content (AvgIpc) is 2.64. The van der Waals surface area contributed by atoms with Crippen molar-refractivity contribution >= 4 is 81.8 Å². The molecule has 0 amide bonds. The maximum absolute atomic E-state index is 5.88. The molecule has 0 aliphatic carbocycles. The van der Waals surface area contributed by atoms with Crippen LogP contribution in [0.25, 0.3) is 12.2 Å². The van der Waals surface area contributed by atoms with Crippen LogP contribution in [0, 0.1) is 0 Å². The molecule has 5 nitrogen and oxygen atoms in total. The smallest absolute Gasteiger partial charge is 0.250 e. The third-order valence-electron chi connectivity index (χ3n) is 3.31. The lowest BCUT2D eigenvalue weighted by Gasteiger charge is -2.14. The van der Waals surface area contributed by atoms with Crippen LogP contribution >= 0.6 is 69.6 Å². The Kier molecular flexibility index (Phi) is 8.95. The monoisotopic (exact) mass is 517 g/mol. The maximum atomic E-state index is 5.88. The molecule has 0 radical (unpaired) electrons. The predicted molar refractivity (Wildman–Crippen MR) is 121 cm³/mol. The van der Waals surface area contributed by atoms with Crippen LogP contribution < -0.4 is 9.47 Å². The molecule has 1 aromatic carbocycles. The molecule has 0 bridgehead atoms. The van der Waals surface area contributed by atoms with Gasteiger partial charge in [-0.25, -0.2) is 15.0 Å². The Hall–Kier alpha value is -0.690. The summed E-state index contributed by atoms with van der Waals surface area (Å²) in [6.45, 7) is 5.03. The van der Waals surface area contributed by atoms with Crippen molar-refractivity contribution in [3.63, 3.8) is 0 Å². The molecule has 0 aliphatic rings. The second-order valence-electron chi connectivity index (χ2n) is 5.66. The van der Waals surface area contributed by atoms with Crippen molar-refractivity contribution in [2.24, 2.45) is 0 Å². The van der Waals surface area contributed by atoms with E-state index < -0.39 is 7.59 Å². The summed E-state index contributed by atoms with van der Waals surface area (Å²) in [5.74, 6) is 1.14. The number of benzene rings is 1. The number of alkyl halides is 6. The van der Waals surface area contributed by atoms with Gasteiger partial charge in [-0.3, -0.25) is 0 Å². The number of halogens is 6. The lowest BCUT2D eigenvalue weighted by molar-refractivity contribution is 0.277. The van der Waals surface area contributed by atoms with Crippen LogP contribution in [-0.2, 0) is 7.59 Å².